The van der Waals surface area contributed by atoms with Crippen LogP contribution >= 0.6 is 0 Å². The van der Waals surface area contributed by atoms with Crippen LogP contribution in [-0.2, 0) is 0 Å². The van der Waals surface area contributed by atoms with Crippen LogP contribution in [0.2, 0.25) is 0 Å². The van der Waals surface area contributed by atoms with Crippen LogP contribution in [0.15, 0.2) is 79.0 Å². The Hall–Kier alpha value is -3.54. The smallest absolute Gasteiger partial charge is 0.324 e. The van der Waals surface area contributed by atoms with Gasteiger partial charge in [-0.2, -0.15) is 0 Å². The van der Waals surface area contributed by atoms with Gasteiger partial charge in [-0.1, -0.05) is 36.4 Å². The zero-order chi connectivity index (χ0) is 17.1. The molecule has 0 bridgehead atoms. The van der Waals surface area contributed by atoms with Gasteiger partial charge >= 0.3 is 6.03 Å². The number of urea groups is 1. The summed E-state index contributed by atoms with van der Waals surface area (Å²) in [5, 5.41) is 8.85. The molecule has 3 N–H and O–H groups in total. The minimum Gasteiger partial charge on any atom is -0.386 e. The highest BCUT2D eigenvalue weighted by atomic mass is 16.2. The number of nitrogens with one attached hydrogen (secondary N) is 3. The van der Waals surface area contributed by atoms with Crippen LogP contribution in [0.25, 0.3) is 16.6 Å². The molecule has 0 radical (unpaired) electrons. The van der Waals surface area contributed by atoms with Crippen LogP contribution in [0.5, 0.6) is 0 Å². The minimum atomic E-state index is -0.307. The highest BCUT2D eigenvalue weighted by Gasteiger charge is 2.13. The van der Waals surface area contributed by atoms with Crippen molar-refractivity contribution < 1.29 is 4.79 Å². The van der Waals surface area contributed by atoms with Gasteiger partial charge in [-0.15, -0.1) is 0 Å². The molecule has 3 aromatic rings. The summed E-state index contributed by atoms with van der Waals surface area (Å²) in [6.07, 6.45) is 9.04. The maximum absolute atomic E-state index is 12.5. The number of hydrogen-bond donors (Lipinski definition) is 3. The van der Waals surface area contributed by atoms with E-state index in [-0.39, 0.29) is 6.03 Å². The monoisotopic (exact) mass is 331 g/mol. The van der Waals surface area contributed by atoms with Crippen LogP contribution in [0.3, 0.4) is 0 Å². The molecule has 25 heavy (non-hydrogen) atoms. The van der Waals surface area contributed by atoms with Gasteiger partial charge in [0.1, 0.15) is 12.1 Å². The third kappa shape index (κ3) is 3.10. The molecule has 1 aromatic carbocycles. The van der Waals surface area contributed by atoms with Crippen molar-refractivity contribution in [2.24, 2.45) is 0 Å². The standard InChI is InChI=1S/C19H17N5O/c25-19(22-15-7-4-10-20-11-15)23-18-17(14-5-2-1-3-6-14)9-8-16-12-21-13-24(16)18/h1-9,11-13,20H,10H2,(H2,22,23,25). The van der Waals surface area contributed by atoms with Crippen LogP contribution in [0.4, 0.5) is 10.6 Å². The molecule has 1 aliphatic heterocycles. The van der Waals surface area contributed by atoms with Crippen LogP contribution in [0.1, 0.15) is 0 Å². The number of nitrogens with zero attached hydrogens (tertiary/aromatic N) is 2. The molecule has 0 unspecified atom stereocenters. The molecule has 0 spiro atoms. The number of anilines is 1. The lowest BCUT2D eigenvalue weighted by Gasteiger charge is -2.15. The number of benzene rings is 1. The lowest BCUT2D eigenvalue weighted by atomic mass is 10.1. The van der Waals surface area contributed by atoms with Gasteiger partial charge in [-0.25, -0.2) is 9.78 Å². The minimum absolute atomic E-state index is 0.307. The van der Waals surface area contributed by atoms with Gasteiger partial charge in [0.25, 0.3) is 0 Å². The Morgan fingerprint density at radius 3 is 2.80 bits per heavy atom. The second kappa shape index (κ2) is 6.52. The normalized spacial score (nSPS) is 13.2. The summed E-state index contributed by atoms with van der Waals surface area (Å²) in [4.78, 5) is 16.6. The van der Waals surface area contributed by atoms with E-state index >= 15 is 0 Å². The van der Waals surface area contributed by atoms with Gasteiger partial charge in [0.15, 0.2) is 0 Å². The molecule has 3 heterocycles. The van der Waals surface area contributed by atoms with Crippen molar-refractivity contribution in [3.05, 3.63) is 79.0 Å². The predicted molar refractivity (Wildman–Crippen MR) is 98.0 cm³/mol. The van der Waals surface area contributed by atoms with Crippen molar-refractivity contribution in [1.82, 2.24) is 20.0 Å². The second-order valence-electron chi connectivity index (χ2n) is 5.64. The Morgan fingerprint density at radius 2 is 2.00 bits per heavy atom. The van der Waals surface area contributed by atoms with E-state index in [9.17, 15) is 4.79 Å². The van der Waals surface area contributed by atoms with E-state index in [0.29, 0.717) is 11.5 Å². The summed E-state index contributed by atoms with van der Waals surface area (Å²) in [6.45, 7) is 0.763. The SMILES string of the molecule is O=C(NC1=CNCC=C1)Nc1c(-c2ccccc2)ccc2cncn12. The van der Waals surface area contributed by atoms with Crippen molar-refractivity contribution >= 4 is 17.4 Å². The highest BCUT2D eigenvalue weighted by Crippen LogP contribution is 2.29. The molecule has 6 nitrogen and oxygen atoms in total. The molecule has 0 atom stereocenters. The average Bonchev–Trinajstić information content (AvgIpc) is 3.13. The van der Waals surface area contributed by atoms with Crippen molar-refractivity contribution in [3.63, 3.8) is 0 Å². The first-order chi connectivity index (χ1) is 12.3. The van der Waals surface area contributed by atoms with Gasteiger partial charge in [0, 0.05) is 18.3 Å². The first-order valence-corrected chi connectivity index (χ1v) is 8.00. The molecule has 4 rings (SSSR count). The molecule has 0 aliphatic carbocycles. The number of carbonyl (C=O) groups excluding carboxylic acids is 1. The average molecular weight is 331 g/mol. The zero-order valence-electron chi connectivity index (χ0n) is 13.4. The summed E-state index contributed by atoms with van der Waals surface area (Å²) >= 11 is 0. The quantitative estimate of drug-likeness (QED) is 0.690. The van der Waals surface area contributed by atoms with E-state index in [1.807, 2.05) is 59.0 Å². The summed E-state index contributed by atoms with van der Waals surface area (Å²) in [5.41, 5.74) is 3.57. The highest BCUT2D eigenvalue weighted by molar-refractivity contribution is 5.95. The maximum Gasteiger partial charge on any atom is 0.324 e. The van der Waals surface area contributed by atoms with Crippen molar-refractivity contribution in [3.8, 4) is 11.1 Å². The number of allylic oxidation sites excluding steroid dienone is 1. The molecule has 124 valence electrons. The van der Waals surface area contributed by atoms with Crippen molar-refractivity contribution in [2.75, 3.05) is 11.9 Å². The fourth-order valence-electron chi connectivity index (χ4n) is 2.79. The first-order valence-electron chi connectivity index (χ1n) is 8.00. The summed E-state index contributed by atoms with van der Waals surface area (Å²) in [5.74, 6) is 0.673. The number of fused-ring (bicyclic) bond motifs is 1. The van der Waals surface area contributed by atoms with Gasteiger partial charge in [0.05, 0.1) is 17.4 Å². The van der Waals surface area contributed by atoms with Gasteiger partial charge in [-0.3, -0.25) is 9.72 Å². The number of hydrogen-bond acceptors (Lipinski definition) is 3. The largest absolute Gasteiger partial charge is 0.386 e. The Kier molecular flexibility index (Phi) is 3.92. The second-order valence-corrected chi connectivity index (χ2v) is 5.64. The Bertz CT molecular complexity index is 972. The maximum atomic E-state index is 12.5. The molecule has 2 amide bonds. The van der Waals surface area contributed by atoms with E-state index in [2.05, 4.69) is 20.9 Å². The number of amides is 2. The van der Waals surface area contributed by atoms with Crippen molar-refractivity contribution in [2.45, 2.75) is 0 Å². The Balaban J connectivity index is 1.69. The van der Waals surface area contributed by atoms with Crippen LogP contribution < -0.4 is 16.0 Å². The topological polar surface area (TPSA) is 70.5 Å². The summed E-state index contributed by atoms with van der Waals surface area (Å²) in [6, 6.07) is 13.6. The number of aromatic nitrogens is 2. The van der Waals surface area contributed by atoms with E-state index in [0.717, 1.165) is 23.2 Å². The van der Waals surface area contributed by atoms with Crippen molar-refractivity contribution in [1.29, 1.82) is 0 Å². The lowest BCUT2D eigenvalue weighted by Crippen LogP contribution is -2.30. The fraction of sp³-hybridized carbons (Fsp3) is 0.0526. The fourth-order valence-corrected chi connectivity index (χ4v) is 2.79. The van der Waals surface area contributed by atoms with Crippen LogP contribution in [0, 0.1) is 0 Å². The van der Waals surface area contributed by atoms with Gasteiger partial charge < -0.3 is 10.6 Å². The first kappa shape index (κ1) is 15.0. The summed E-state index contributed by atoms with van der Waals surface area (Å²) in [7, 11) is 0. The van der Waals surface area contributed by atoms with E-state index in [4.69, 9.17) is 0 Å². The molecule has 0 saturated heterocycles. The van der Waals surface area contributed by atoms with E-state index in [1.165, 1.54) is 0 Å². The van der Waals surface area contributed by atoms with E-state index < -0.39 is 0 Å². The molecular weight excluding hydrogens is 314 g/mol. The molecule has 2 aromatic heterocycles. The number of dihydropyridines is 1. The number of rotatable bonds is 3. The Labute approximate surface area is 144 Å². The summed E-state index contributed by atoms with van der Waals surface area (Å²) < 4.78 is 1.87. The molecular formula is C19H17N5O. The molecule has 1 aliphatic rings. The van der Waals surface area contributed by atoms with Gasteiger partial charge in [0.2, 0.25) is 0 Å². The number of pyridine rings is 1. The third-order valence-electron chi connectivity index (χ3n) is 3.95. The van der Waals surface area contributed by atoms with Gasteiger partial charge in [-0.05, 0) is 23.8 Å². The molecule has 6 heteroatoms. The zero-order valence-corrected chi connectivity index (χ0v) is 13.4. The Morgan fingerprint density at radius 1 is 1.12 bits per heavy atom. The van der Waals surface area contributed by atoms with E-state index in [1.54, 1.807) is 18.7 Å². The molecule has 0 saturated carbocycles. The molecule has 0 fully saturated rings. The third-order valence-corrected chi connectivity index (χ3v) is 3.95. The number of imidazole rings is 1. The number of carbonyl (C=O) groups is 1. The predicted octanol–water partition coefficient (Wildman–Crippen LogP) is 3.12. The van der Waals surface area contributed by atoms with Crippen LogP contribution in [-0.4, -0.2) is 22.0 Å². The lowest BCUT2D eigenvalue weighted by molar-refractivity contribution is 0.254.